The van der Waals surface area contributed by atoms with Crippen molar-refractivity contribution in [3.63, 3.8) is 0 Å². The van der Waals surface area contributed by atoms with Crippen LogP contribution in [0.5, 0.6) is 0 Å². The first-order valence-electron chi connectivity index (χ1n) is 5.26. The molecule has 16 heavy (non-hydrogen) atoms. The second kappa shape index (κ2) is 6.30. The normalized spacial score (nSPS) is 12.6. The molecule has 0 saturated carbocycles. The van der Waals surface area contributed by atoms with E-state index in [0.29, 0.717) is 25.5 Å². The largest absolute Gasteiger partial charge is 0.478 e. The van der Waals surface area contributed by atoms with Gasteiger partial charge in [-0.25, -0.2) is 4.79 Å². The van der Waals surface area contributed by atoms with E-state index < -0.39 is 5.97 Å². The fourth-order valence-corrected chi connectivity index (χ4v) is 1.29. The summed E-state index contributed by atoms with van der Waals surface area (Å²) in [6.07, 6.45) is 1.38. The first-order valence-corrected chi connectivity index (χ1v) is 5.26. The lowest BCUT2D eigenvalue weighted by molar-refractivity contribution is 0.0694. The van der Waals surface area contributed by atoms with Crippen molar-refractivity contribution in [3.8, 4) is 0 Å². The number of ether oxygens (including phenoxy) is 1. The third-order valence-corrected chi connectivity index (χ3v) is 2.16. The Morgan fingerprint density at radius 3 is 3.06 bits per heavy atom. The average molecular weight is 227 g/mol. The molecule has 1 aromatic heterocycles. The zero-order valence-corrected chi connectivity index (χ0v) is 9.53. The van der Waals surface area contributed by atoms with Gasteiger partial charge in [0.15, 0.2) is 0 Å². The minimum Gasteiger partial charge on any atom is -0.478 e. The zero-order valence-electron chi connectivity index (χ0n) is 9.53. The molecule has 1 unspecified atom stereocenters. The van der Waals surface area contributed by atoms with E-state index >= 15 is 0 Å². The van der Waals surface area contributed by atoms with Gasteiger partial charge in [-0.05, 0) is 19.9 Å². The maximum absolute atomic E-state index is 10.8. The summed E-state index contributed by atoms with van der Waals surface area (Å²) < 4.78 is 10.3. The van der Waals surface area contributed by atoms with Gasteiger partial charge in [-0.1, -0.05) is 0 Å². The van der Waals surface area contributed by atoms with Crippen LogP contribution in [0, 0.1) is 0 Å². The Balaban J connectivity index is 2.42. The Morgan fingerprint density at radius 2 is 2.44 bits per heavy atom. The summed E-state index contributed by atoms with van der Waals surface area (Å²) >= 11 is 0. The molecule has 0 bridgehead atoms. The highest BCUT2D eigenvalue weighted by molar-refractivity contribution is 5.88. The van der Waals surface area contributed by atoms with Gasteiger partial charge in [0, 0.05) is 12.6 Å². The Labute approximate surface area is 94.4 Å². The quantitative estimate of drug-likeness (QED) is 0.738. The number of carboxylic acid groups (broad SMARTS) is 1. The van der Waals surface area contributed by atoms with Gasteiger partial charge in [-0.15, -0.1) is 0 Å². The number of aromatic carboxylic acids is 1. The molecule has 5 heteroatoms. The Hall–Kier alpha value is -1.33. The van der Waals surface area contributed by atoms with E-state index in [9.17, 15) is 4.79 Å². The minimum absolute atomic E-state index is 0.159. The van der Waals surface area contributed by atoms with Crippen molar-refractivity contribution >= 4 is 5.97 Å². The SMILES string of the molecule is CCOCC(C)NCc1occc1C(=O)O. The van der Waals surface area contributed by atoms with Crippen molar-refractivity contribution < 1.29 is 19.1 Å². The van der Waals surface area contributed by atoms with Crippen LogP contribution in [0.3, 0.4) is 0 Å². The van der Waals surface area contributed by atoms with Gasteiger partial charge in [0.1, 0.15) is 11.3 Å². The van der Waals surface area contributed by atoms with E-state index in [1.165, 1.54) is 12.3 Å². The molecule has 5 nitrogen and oxygen atoms in total. The van der Waals surface area contributed by atoms with Crippen LogP contribution in [0.15, 0.2) is 16.7 Å². The highest BCUT2D eigenvalue weighted by atomic mass is 16.5. The van der Waals surface area contributed by atoms with Crippen LogP contribution in [0.25, 0.3) is 0 Å². The maximum Gasteiger partial charge on any atom is 0.339 e. The molecule has 0 saturated heterocycles. The highest BCUT2D eigenvalue weighted by Crippen LogP contribution is 2.10. The summed E-state index contributed by atoms with van der Waals surface area (Å²) in [5, 5.41) is 12.0. The van der Waals surface area contributed by atoms with Gasteiger partial charge in [0.25, 0.3) is 0 Å². The van der Waals surface area contributed by atoms with E-state index in [4.69, 9.17) is 14.3 Å². The molecule has 1 aromatic rings. The molecule has 2 N–H and O–H groups in total. The number of carbonyl (C=O) groups is 1. The van der Waals surface area contributed by atoms with Crippen LogP contribution >= 0.6 is 0 Å². The third-order valence-electron chi connectivity index (χ3n) is 2.16. The summed E-state index contributed by atoms with van der Waals surface area (Å²) in [6, 6.07) is 1.61. The predicted molar refractivity (Wildman–Crippen MR) is 58.5 cm³/mol. The minimum atomic E-state index is -0.969. The Morgan fingerprint density at radius 1 is 1.69 bits per heavy atom. The smallest absolute Gasteiger partial charge is 0.339 e. The van der Waals surface area contributed by atoms with Crippen LogP contribution in [0.2, 0.25) is 0 Å². The van der Waals surface area contributed by atoms with Gasteiger partial charge in [0.05, 0.1) is 19.4 Å². The summed E-state index contributed by atoms with van der Waals surface area (Å²) in [5.74, 6) is -0.529. The lowest BCUT2D eigenvalue weighted by Crippen LogP contribution is -2.30. The molecule has 0 aromatic carbocycles. The van der Waals surface area contributed by atoms with Crippen LogP contribution in [0.4, 0.5) is 0 Å². The number of carboxylic acids is 1. The van der Waals surface area contributed by atoms with E-state index in [2.05, 4.69) is 5.32 Å². The van der Waals surface area contributed by atoms with Crippen LogP contribution in [-0.2, 0) is 11.3 Å². The van der Waals surface area contributed by atoms with Crippen molar-refractivity contribution in [2.75, 3.05) is 13.2 Å². The molecular formula is C11H17NO4. The average Bonchev–Trinajstić information content (AvgIpc) is 2.71. The van der Waals surface area contributed by atoms with E-state index in [0.717, 1.165) is 0 Å². The first-order chi connectivity index (χ1) is 7.65. The maximum atomic E-state index is 10.8. The number of furan rings is 1. The van der Waals surface area contributed by atoms with Gasteiger partial charge >= 0.3 is 5.97 Å². The lowest BCUT2D eigenvalue weighted by atomic mass is 10.2. The number of hydrogen-bond acceptors (Lipinski definition) is 4. The van der Waals surface area contributed by atoms with E-state index in [-0.39, 0.29) is 11.6 Å². The number of nitrogens with one attached hydrogen (secondary N) is 1. The molecule has 0 spiro atoms. The van der Waals surface area contributed by atoms with Gasteiger partial charge in [-0.2, -0.15) is 0 Å². The molecule has 0 aliphatic heterocycles. The zero-order chi connectivity index (χ0) is 12.0. The van der Waals surface area contributed by atoms with Crippen LogP contribution < -0.4 is 5.32 Å². The predicted octanol–water partition coefficient (Wildman–Crippen LogP) is 1.49. The van der Waals surface area contributed by atoms with Gasteiger partial charge in [-0.3, -0.25) is 0 Å². The third kappa shape index (κ3) is 3.67. The summed E-state index contributed by atoms with van der Waals surface area (Å²) in [4.78, 5) is 10.8. The molecule has 1 rings (SSSR count). The Kier molecular flexibility index (Phi) is 5.01. The highest BCUT2D eigenvalue weighted by Gasteiger charge is 2.13. The molecule has 0 fully saturated rings. The Bertz CT molecular complexity index is 334. The van der Waals surface area contributed by atoms with Crippen molar-refractivity contribution in [2.45, 2.75) is 26.4 Å². The van der Waals surface area contributed by atoms with E-state index in [1.807, 2.05) is 13.8 Å². The molecule has 0 aliphatic rings. The molecular weight excluding hydrogens is 210 g/mol. The lowest BCUT2D eigenvalue weighted by Gasteiger charge is -2.12. The van der Waals surface area contributed by atoms with Crippen LogP contribution in [0.1, 0.15) is 30.0 Å². The molecule has 1 atom stereocenters. The topological polar surface area (TPSA) is 71.7 Å². The first kappa shape index (κ1) is 12.7. The standard InChI is InChI=1S/C11H17NO4/c1-3-15-7-8(2)12-6-10-9(11(13)14)4-5-16-10/h4-5,8,12H,3,6-7H2,1-2H3,(H,13,14). The second-order valence-corrected chi connectivity index (χ2v) is 3.50. The molecule has 0 aliphatic carbocycles. The monoisotopic (exact) mass is 227 g/mol. The molecule has 1 heterocycles. The summed E-state index contributed by atoms with van der Waals surface area (Å²) in [7, 11) is 0. The second-order valence-electron chi connectivity index (χ2n) is 3.50. The number of hydrogen-bond donors (Lipinski definition) is 2. The van der Waals surface area contributed by atoms with Crippen molar-refractivity contribution in [1.82, 2.24) is 5.32 Å². The summed E-state index contributed by atoms with van der Waals surface area (Å²) in [6.45, 7) is 5.57. The van der Waals surface area contributed by atoms with Crippen LogP contribution in [-0.4, -0.2) is 30.3 Å². The van der Waals surface area contributed by atoms with Gasteiger partial charge < -0.3 is 19.6 Å². The van der Waals surface area contributed by atoms with Crippen molar-refractivity contribution in [2.24, 2.45) is 0 Å². The fraction of sp³-hybridized carbons (Fsp3) is 0.545. The van der Waals surface area contributed by atoms with Crippen molar-refractivity contribution in [3.05, 3.63) is 23.7 Å². The molecule has 0 radical (unpaired) electrons. The van der Waals surface area contributed by atoms with E-state index in [1.54, 1.807) is 0 Å². The van der Waals surface area contributed by atoms with Gasteiger partial charge in [0.2, 0.25) is 0 Å². The molecule has 0 amide bonds. The summed E-state index contributed by atoms with van der Waals surface area (Å²) in [5.41, 5.74) is 0.205. The van der Waals surface area contributed by atoms with Crippen molar-refractivity contribution in [1.29, 1.82) is 0 Å². The fourth-order valence-electron chi connectivity index (χ4n) is 1.29. The molecule has 90 valence electrons. The number of rotatable bonds is 7.